The summed E-state index contributed by atoms with van der Waals surface area (Å²) in [5.74, 6) is -1.76. The summed E-state index contributed by atoms with van der Waals surface area (Å²) in [5.41, 5.74) is 2.00. The average Bonchev–Trinajstić information content (AvgIpc) is 2.91. The molecule has 0 fully saturated rings. The lowest BCUT2D eigenvalue weighted by Crippen LogP contribution is -2.41. The van der Waals surface area contributed by atoms with Crippen LogP contribution in [0.1, 0.15) is 43.8 Å². The number of aromatic nitrogens is 1. The van der Waals surface area contributed by atoms with Gasteiger partial charge in [-0.3, -0.25) is 9.59 Å². The Labute approximate surface area is 228 Å². The Morgan fingerprint density at radius 2 is 1.69 bits per heavy atom. The molecule has 0 aliphatic rings. The number of carbonyl (C=O) groups excluding carboxylic acids is 3. The van der Waals surface area contributed by atoms with Crippen LogP contribution in [0.15, 0.2) is 66.9 Å². The molecule has 1 heterocycles. The summed E-state index contributed by atoms with van der Waals surface area (Å²) in [7, 11) is 1.39. The average molecular weight is 543 g/mol. The van der Waals surface area contributed by atoms with Gasteiger partial charge in [0.2, 0.25) is 6.79 Å². The summed E-state index contributed by atoms with van der Waals surface area (Å²) in [4.78, 5) is 40.0. The molecule has 0 aliphatic heterocycles. The van der Waals surface area contributed by atoms with Crippen molar-refractivity contribution in [1.29, 1.82) is 0 Å². The van der Waals surface area contributed by atoms with Gasteiger partial charge in [-0.25, -0.2) is 14.2 Å². The zero-order valence-corrected chi connectivity index (χ0v) is 22.6. The number of ether oxygens (including phenoxy) is 4. The highest BCUT2D eigenvalue weighted by molar-refractivity contribution is 5.98. The maximum atomic E-state index is 12.7. The monoisotopic (exact) mass is 542 g/mol. The number of hydrogen-bond acceptors (Lipinski definition) is 8. The van der Waals surface area contributed by atoms with Gasteiger partial charge in [0.05, 0.1) is 7.11 Å². The summed E-state index contributed by atoms with van der Waals surface area (Å²) < 4.78 is 32.8. The predicted octanol–water partition coefficient (Wildman–Crippen LogP) is 4.66. The van der Waals surface area contributed by atoms with E-state index in [0.29, 0.717) is 6.42 Å². The van der Waals surface area contributed by atoms with Crippen LogP contribution in [0, 0.1) is 12.7 Å². The normalized spacial score (nSPS) is 11.6. The fourth-order valence-corrected chi connectivity index (χ4v) is 3.21. The van der Waals surface area contributed by atoms with Crippen LogP contribution in [0.2, 0.25) is 0 Å². The number of nitrogens with one attached hydrogen (secondary N) is 1. The Bertz CT molecular complexity index is 1210. The van der Waals surface area contributed by atoms with Crippen molar-refractivity contribution in [3.8, 4) is 11.5 Å². The van der Waals surface area contributed by atoms with E-state index in [0.717, 1.165) is 11.1 Å². The summed E-state index contributed by atoms with van der Waals surface area (Å²) >= 11 is 0. The molecule has 0 aliphatic carbocycles. The Morgan fingerprint density at radius 3 is 2.28 bits per heavy atom. The van der Waals surface area contributed by atoms with Crippen LogP contribution in [-0.4, -0.2) is 48.9 Å². The maximum absolute atomic E-state index is 12.7. The molecule has 210 valence electrons. The number of amides is 1. The molecule has 10 heteroatoms. The molecule has 0 radical (unpaired) electrons. The van der Waals surface area contributed by atoms with E-state index in [1.807, 2.05) is 37.3 Å². The Kier molecular flexibility index (Phi) is 12.4. The molecule has 0 unspecified atom stereocenters. The first kappa shape index (κ1) is 30.8. The van der Waals surface area contributed by atoms with Crippen molar-refractivity contribution < 1.29 is 39.1 Å². The topological polar surface area (TPSA) is 113 Å². The Hall–Kier alpha value is -4.47. The third kappa shape index (κ3) is 10.8. The summed E-state index contributed by atoms with van der Waals surface area (Å²) in [6.45, 7) is 6.02. The molecule has 3 rings (SSSR count). The first-order valence-electron chi connectivity index (χ1n) is 12.2. The van der Waals surface area contributed by atoms with E-state index in [9.17, 15) is 18.8 Å². The molecule has 0 spiro atoms. The maximum Gasteiger partial charge on any atom is 0.328 e. The van der Waals surface area contributed by atoms with Gasteiger partial charge in [-0.1, -0.05) is 48.0 Å². The second kappa shape index (κ2) is 15.7. The van der Waals surface area contributed by atoms with E-state index in [2.05, 4.69) is 10.3 Å². The number of esters is 2. The van der Waals surface area contributed by atoms with Crippen LogP contribution in [-0.2, 0) is 25.5 Å². The predicted molar refractivity (Wildman–Crippen MR) is 144 cm³/mol. The van der Waals surface area contributed by atoms with Crippen LogP contribution in [0.3, 0.4) is 0 Å². The smallest absolute Gasteiger partial charge is 0.328 e. The minimum Gasteiger partial charge on any atom is -0.493 e. The van der Waals surface area contributed by atoms with Gasteiger partial charge in [0.1, 0.15) is 18.0 Å². The molecule has 1 amide bonds. The van der Waals surface area contributed by atoms with Crippen LogP contribution >= 0.6 is 0 Å². The summed E-state index contributed by atoms with van der Waals surface area (Å²) in [6.07, 6.45) is 1.54. The van der Waals surface area contributed by atoms with Gasteiger partial charge in [-0.15, -0.1) is 0 Å². The van der Waals surface area contributed by atoms with E-state index < -0.39 is 30.7 Å². The lowest BCUT2D eigenvalue weighted by molar-refractivity contribution is -0.150. The van der Waals surface area contributed by atoms with Crippen molar-refractivity contribution in [3.63, 3.8) is 0 Å². The lowest BCUT2D eigenvalue weighted by Gasteiger charge is -2.19. The lowest BCUT2D eigenvalue weighted by atomic mass is 10.1. The molecule has 9 nitrogen and oxygen atoms in total. The van der Waals surface area contributed by atoms with Gasteiger partial charge in [0.15, 0.2) is 17.2 Å². The highest BCUT2D eigenvalue weighted by atomic mass is 19.1. The van der Waals surface area contributed by atoms with Gasteiger partial charge in [0, 0.05) is 27.0 Å². The number of halogens is 1. The van der Waals surface area contributed by atoms with E-state index in [-0.39, 0.29) is 30.5 Å². The second-order valence-electron chi connectivity index (χ2n) is 8.52. The van der Waals surface area contributed by atoms with Crippen molar-refractivity contribution in [2.75, 3.05) is 13.9 Å². The fourth-order valence-electron chi connectivity index (χ4n) is 3.21. The summed E-state index contributed by atoms with van der Waals surface area (Å²) in [6, 6.07) is 16.6. The standard InChI is InChI=1S/C22H26N2O7.C7H7F.H2/c1-14(12-17-8-6-5-7-9-17)31-22(27)15(2)24-21(26)19-20(30-13-29-16(3)25)18(28-4)10-11-23-19;1-6-2-4-7(8)5-3-6;/h5-11,14-15H,12-13H2,1-4H3,(H,24,26);2-5H,1H3;1H/t14-,15-;;/m0../s1. The number of aryl methyl sites for hydroxylation is 1. The number of nitrogens with zero attached hydrogens (tertiary/aromatic N) is 1. The van der Waals surface area contributed by atoms with Gasteiger partial charge in [0.25, 0.3) is 5.91 Å². The van der Waals surface area contributed by atoms with Gasteiger partial charge in [-0.05, 0) is 38.5 Å². The molecule has 0 bridgehead atoms. The quantitative estimate of drug-likeness (QED) is 0.291. The van der Waals surface area contributed by atoms with Gasteiger partial charge in [-0.2, -0.15) is 0 Å². The highest BCUT2D eigenvalue weighted by Crippen LogP contribution is 2.29. The van der Waals surface area contributed by atoms with E-state index >= 15 is 0 Å². The van der Waals surface area contributed by atoms with E-state index in [4.69, 9.17) is 18.9 Å². The number of methoxy groups -OCH3 is 1. The van der Waals surface area contributed by atoms with Crippen molar-refractivity contribution in [1.82, 2.24) is 10.3 Å². The molecular formula is C29H35FN2O7. The van der Waals surface area contributed by atoms with Crippen LogP contribution in [0.25, 0.3) is 0 Å². The highest BCUT2D eigenvalue weighted by Gasteiger charge is 2.25. The van der Waals surface area contributed by atoms with E-state index in [1.165, 1.54) is 45.4 Å². The zero-order chi connectivity index (χ0) is 28.8. The minimum atomic E-state index is -0.931. The molecule has 39 heavy (non-hydrogen) atoms. The number of hydrogen-bond donors (Lipinski definition) is 1. The van der Waals surface area contributed by atoms with Crippen molar-refractivity contribution in [2.24, 2.45) is 0 Å². The fraction of sp³-hybridized carbons (Fsp3) is 0.310. The molecule has 1 aromatic heterocycles. The molecule has 3 aromatic rings. The molecular weight excluding hydrogens is 507 g/mol. The van der Waals surface area contributed by atoms with Gasteiger partial charge < -0.3 is 24.3 Å². The number of benzene rings is 2. The molecule has 2 atom stereocenters. The molecule has 0 saturated carbocycles. The Balaban J connectivity index is 0.000000761. The minimum absolute atomic E-state index is 0. The van der Waals surface area contributed by atoms with Crippen molar-refractivity contribution >= 4 is 17.8 Å². The number of carbonyl (C=O) groups is 3. The van der Waals surface area contributed by atoms with Crippen molar-refractivity contribution in [3.05, 3.63) is 89.5 Å². The third-order valence-corrected chi connectivity index (χ3v) is 5.16. The first-order valence-corrected chi connectivity index (χ1v) is 12.2. The van der Waals surface area contributed by atoms with Crippen molar-refractivity contribution in [2.45, 2.75) is 46.3 Å². The third-order valence-electron chi connectivity index (χ3n) is 5.16. The summed E-state index contributed by atoms with van der Waals surface area (Å²) in [5, 5.41) is 2.54. The van der Waals surface area contributed by atoms with E-state index in [1.54, 1.807) is 19.1 Å². The SMILES string of the molecule is COc1ccnc(C(=O)N[C@@H](C)C(=O)O[C@@H](C)Cc2ccccc2)c1OCOC(C)=O.Cc1ccc(F)cc1.[HH]. The number of pyridine rings is 1. The van der Waals surface area contributed by atoms with Crippen LogP contribution in [0.4, 0.5) is 4.39 Å². The second-order valence-corrected chi connectivity index (χ2v) is 8.52. The first-order chi connectivity index (χ1) is 18.6. The van der Waals surface area contributed by atoms with Crippen LogP contribution in [0.5, 0.6) is 11.5 Å². The molecule has 0 saturated heterocycles. The molecule has 1 N–H and O–H groups in total. The number of rotatable bonds is 10. The van der Waals surface area contributed by atoms with Crippen LogP contribution < -0.4 is 14.8 Å². The van der Waals surface area contributed by atoms with Gasteiger partial charge >= 0.3 is 11.9 Å². The zero-order valence-electron chi connectivity index (χ0n) is 22.6. The molecule has 2 aromatic carbocycles. The largest absolute Gasteiger partial charge is 0.493 e. The Morgan fingerprint density at radius 1 is 1.03 bits per heavy atom.